The van der Waals surface area contributed by atoms with Crippen molar-refractivity contribution < 1.29 is 9.47 Å². The van der Waals surface area contributed by atoms with Crippen LogP contribution in [0.3, 0.4) is 0 Å². The minimum atomic E-state index is 0.745. The molecule has 0 aromatic carbocycles. The van der Waals surface area contributed by atoms with Crippen LogP contribution in [-0.4, -0.2) is 44.4 Å². The summed E-state index contributed by atoms with van der Waals surface area (Å²) in [6.45, 7) is 11.0. The molecule has 1 fully saturated rings. The highest BCUT2D eigenvalue weighted by Gasteiger charge is 2.09. The Morgan fingerprint density at radius 2 is 2.17 bits per heavy atom. The second kappa shape index (κ2) is 5.17. The molecule has 1 aliphatic heterocycles. The maximum Gasteiger partial charge on any atom is 0.100 e. The molecule has 0 spiro atoms. The maximum absolute atomic E-state index is 5.27. The molecule has 0 aromatic rings. The SMILES string of the molecule is C=C(C)OCCN1CCOCC1. The molecule has 1 rings (SSSR count). The molecule has 0 amide bonds. The van der Waals surface area contributed by atoms with Gasteiger partial charge in [-0.2, -0.15) is 0 Å². The summed E-state index contributed by atoms with van der Waals surface area (Å²) < 4.78 is 10.5. The van der Waals surface area contributed by atoms with E-state index in [2.05, 4.69) is 11.5 Å². The summed E-state index contributed by atoms with van der Waals surface area (Å²) in [6.07, 6.45) is 0. The lowest BCUT2D eigenvalue weighted by Gasteiger charge is -2.26. The predicted octanol–water partition coefficient (Wildman–Crippen LogP) is 0.869. The van der Waals surface area contributed by atoms with E-state index in [4.69, 9.17) is 9.47 Å². The molecule has 3 nitrogen and oxygen atoms in total. The standard InChI is InChI=1S/C9H17NO2/c1-9(2)12-8-5-10-3-6-11-7-4-10/h1,3-8H2,2H3. The van der Waals surface area contributed by atoms with Crippen molar-refractivity contribution in [3.05, 3.63) is 12.3 Å². The zero-order chi connectivity index (χ0) is 8.81. The molecule has 0 aliphatic carbocycles. The Balaban J connectivity index is 2.01. The minimum Gasteiger partial charge on any atom is -0.498 e. The number of allylic oxidation sites excluding steroid dienone is 1. The van der Waals surface area contributed by atoms with Crippen molar-refractivity contribution in [2.45, 2.75) is 6.92 Å². The van der Waals surface area contributed by atoms with Gasteiger partial charge >= 0.3 is 0 Å². The van der Waals surface area contributed by atoms with Gasteiger partial charge in [0.05, 0.1) is 19.0 Å². The first-order valence-corrected chi connectivity index (χ1v) is 4.37. The Morgan fingerprint density at radius 3 is 2.75 bits per heavy atom. The van der Waals surface area contributed by atoms with Gasteiger partial charge in [-0.25, -0.2) is 0 Å². The molecule has 0 aromatic heterocycles. The van der Waals surface area contributed by atoms with Crippen molar-refractivity contribution in [3.8, 4) is 0 Å². The number of morpholine rings is 1. The van der Waals surface area contributed by atoms with Crippen LogP contribution in [-0.2, 0) is 9.47 Å². The summed E-state index contributed by atoms with van der Waals surface area (Å²) in [7, 11) is 0. The van der Waals surface area contributed by atoms with Gasteiger partial charge in [-0.15, -0.1) is 0 Å². The summed E-state index contributed by atoms with van der Waals surface area (Å²) in [5, 5.41) is 0. The lowest BCUT2D eigenvalue weighted by Crippen LogP contribution is -2.38. The number of ether oxygens (including phenoxy) is 2. The van der Waals surface area contributed by atoms with Crippen molar-refractivity contribution in [1.82, 2.24) is 4.90 Å². The summed E-state index contributed by atoms with van der Waals surface area (Å²) in [4.78, 5) is 2.34. The molecule has 3 heteroatoms. The highest BCUT2D eigenvalue weighted by Crippen LogP contribution is 1.97. The van der Waals surface area contributed by atoms with Crippen LogP contribution >= 0.6 is 0 Å². The summed E-state index contributed by atoms with van der Waals surface area (Å²) >= 11 is 0. The molecule has 1 saturated heterocycles. The van der Waals surface area contributed by atoms with Crippen LogP contribution in [0.25, 0.3) is 0 Å². The Kier molecular flexibility index (Phi) is 4.11. The van der Waals surface area contributed by atoms with Gasteiger partial charge < -0.3 is 9.47 Å². The van der Waals surface area contributed by atoms with Gasteiger partial charge in [-0.3, -0.25) is 4.90 Å². The third-order valence-corrected chi connectivity index (χ3v) is 1.86. The van der Waals surface area contributed by atoms with E-state index in [0.29, 0.717) is 0 Å². The largest absolute Gasteiger partial charge is 0.498 e. The van der Waals surface area contributed by atoms with Gasteiger partial charge in [0.25, 0.3) is 0 Å². The van der Waals surface area contributed by atoms with E-state index in [-0.39, 0.29) is 0 Å². The highest BCUT2D eigenvalue weighted by molar-refractivity contribution is 4.74. The average Bonchev–Trinajstić information content (AvgIpc) is 2.05. The van der Waals surface area contributed by atoms with Crippen LogP contribution in [0.4, 0.5) is 0 Å². The summed E-state index contributed by atoms with van der Waals surface area (Å²) in [5.41, 5.74) is 0. The van der Waals surface area contributed by atoms with E-state index in [1.165, 1.54) is 0 Å². The lowest BCUT2D eigenvalue weighted by atomic mass is 10.4. The Labute approximate surface area is 74.0 Å². The molecule has 0 atom stereocenters. The third-order valence-electron chi connectivity index (χ3n) is 1.86. The van der Waals surface area contributed by atoms with E-state index in [0.717, 1.165) is 45.2 Å². The molecule has 0 N–H and O–H groups in total. The van der Waals surface area contributed by atoms with Crippen molar-refractivity contribution in [2.24, 2.45) is 0 Å². The van der Waals surface area contributed by atoms with E-state index >= 15 is 0 Å². The summed E-state index contributed by atoms with van der Waals surface area (Å²) in [5.74, 6) is 0.795. The molecular formula is C9H17NO2. The monoisotopic (exact) mass is 171 g/mol. The Bertz CT molecular complexity index is 141. The molecule has 0 bridgehead atoms. The van der Waals surface area contributed by atoms with Crippen molar-refractivity contribution in [3.63, 3.8) is 0 Å². The highest BCUT2D eigenvalue weighted by atomic mass is 16.5. The molecule has 70 valence electrons. The third kappa shape index (κ3) is 3.74. The summed E-state index contributed by atoms with van der Waals surface area (Å²) in [6, 6.07) is 0. The molecule has 0 radical (unpaired) electrons. The van der Waals surface area contributed by atoms with Gasteiger partial charge in [0.15, 0.2) is 0 Å². The average molecular weight is 171 g/mol. The van der Waals surface area contributed by atoms with Crippen LogP contribution in [0.1, 0.15) is 6.92 Å². The molecule has 12 heavy (non-hydrogen) atoms. The molecule has 1 heterocycles. The lowest BCUT2D eigenvalue weighted by molar-refractivity contribution is 0.0277. The zero-order valence-corrected chi connectivity index (χ0v) is 7.71. The first-order valence-electron chi connectivity index (χ1n) is 4.37. The fraction of sp³-hybridized carbons (Fsp3) is 0.778. The van der Waals surface area contributed by atoms with E-state index < -0.39 is 0 Å². The number of rotatable bonds is 4. The molecule has 1 aliphatic rings. The Morgan fingerprint density at radius 1 is 1.50 bits per heavy atom. The van der Waals surface area contributed by atoms with Crippen LogP contribution in [0.5, 0.6) is 0 Å². The van der Waals surface area contributed by atoms with Gasteiger partial charge in [0, 0.05) is 19.6 Å². The van der Waals surface area contributed by atoms with Gasteiger partial charge in [0.1, 0.15) is 6.61 Å². The number of hydrogen-bond donors (Lipinski definition) is 0. The smallest absolute Gasteiger partial charge is 0.100 e. The fourth-order valence-electron chi connectivity index (χ4n) is 1.17. The van der Waals surface area contributed by atoms with E-state index in [9.17, 15) is 0 Å². The number of nitrogens with zero attached hydrogens (tertiary/aromatic N) is 1. The second-order valence-corrected chi connectivity index (χ2v) is 3.00. The predicted molar refractivity (Wildman–Crippen MR) is 48.0 cm³/mol. The molecule has 0 unspecified atom stereocenters. The first-order chi connectivity index (χ1) is 5.79. The van der Waals surface area contributed by atoms with Gasteiger partial charge in [-0.1, -0.05) is 6.58 Å². The second-order valence-electron chi connectivity index (χ2n) is 3.00. The van der Waals surface area contributed by atoms with Crippen molar-refractivity contribution in [2.75, 3.05) is 39.5 Å². The van der Waals surface area contributed by atoms with Crippen LogP contribution < -0.4 is 0 Å². The normalized spacial score (nSPS) is 19.1. The minimum absolute atomic E-state index is 0.745. The van der Waals surface area contributed by atoms with E-state index in [1.54, 1.807) is 0 Å². The number of hydrogen-bond acceptors (Lipinski definition) is 3. The van der Waals surface area contributed by atoms with Gasteiger partial charge in [0.2, 0.25) is 0 Å². The quantitative estimate of drug-likeness (QED) is 0.586. The van der Waals surface area contributed by atoms with Crippen molar-refractivity contribution >= 4 is 0 Å². The first kappa shape index (κ1) is 9.55. The topological polar surface area (TPSA) is 21.7 Å². The van der Waals surface area contributed by atoms with E-state index in [1.807, 2.05) is 6.92 Å². The van der Waals surface area contributed by atoms with Crippen LogP contribution in [0, 0.1) is 0 Å². The Hall–Kier alpha value is -0.540. The maximum atomic E-state index is 5.27. The van der Waals surface area contributed by atoms with Crippen molar-refractivity contribution in [1.29, 1.82) is 0 Å². The van der Waals surface area contributed by atoms with Gasteiger partial charge in [-0.05, 0) is 6.92 Å². The molecule has 0 saturated carbocycles. The van der Waals surface area contributed by atoms with Crippen LogP contribution in [0.2, 0.25) is 0 Å². The molecular weight excluding hydrogens is 154 g/mol. The zero-order valence-electron chi connectivity index (χ0n) is 7.71. The van der Waals surface area contributed by atoms with Crippen LogP contribution in [0.15, 0.2) is 12.3 Å². The fourth-order valence-corrected chi connectivity index (χ4v) is 1.17.